The van der Waals surface area contributed by atoms with Crippen LogP contribution in [0, 0.1) is 0 Å². The van der Waals surface area contributed by atoms with Crippen molar-refractivity contribution in [2.24, 2.45) is 0 Å². The number of amides is 1. The molecule has 0 aliphatic rings. The van der Waals surface area contributed by atoms with Gasteiger partial charge in [0.2, 0.25) is 10.0 Å². The second kappa shape index (κ2) is 11.5. The van der Waals surface area contributed by atoms with Crippen molar-refractivity contribution in [2.45, 2.75) is 31.1 Å². The van der Waals surface area contributed by atoms with E-state index in [1.54, 1.807) is 30.3 Å². The van der Waals surface area contributed by atoms with Crippen LogP contribution < -0.4 is 14.8 Å². The molecule has 0 unspecified atom stereocenters. The summed E-state index contributed by atoms with van der Waals surface area (Å²) in [6.07, 6.45) is 2.59. The number of sulfonamides is 1. The van der Waals surface area contributed by atoms with Gasteiger partial charge in [0.1, 0.15) is 5.75 Å². The van der Waals surface area contributed by atoms with Crippen LogP contribution in [0.2, 0.25) is 0 Å². The SMILES string of the molecule is CCCCOc1cccc(C(=O)Nc2ccc(S(=O)(=O)NCCc3ccccc3)cc2)c1. The van der Waals surface area contributed by atoms with Gasteiger partial charge in [-0.1, -0.05) is 49.7 Å². The van der Waals surface area contributed by atoms with E-state index in [2.05, 4.69) is 17.0 Å². The fourth-order valence-corrected chi connectivity index (χ4v) is 4.07. The van der Waals surface area contributed by atoms with Crippen molar-refractivity contribution in [3.05, 3.63) is 90.0 Å². The summed E-state index contributed by atoms with van der Waals surface area (Å²) >= 11 is 0. The van der Waals surface area contributed by atoms with Gasteiger partial charge in [-0.05, 0) is 60.9 Å². The predicted molar refractivity (Wildman–Crippen MR) is 127 cm³/mol. The molecule has 2 N–H and O–H groups in total. The van der Waals surface area contributed by atoms with E-state index in [4.69, 9.17) is 4.74 Å². The average Bonchev–Trinajstić information content (AvgIpc) is 2.80. The van der Waals surface area contributed by atoms with Crippen molar-refractivity contribution in [3.8, 4) is 5.75 Å². The fourth-order valence-electron chi connectivity index (χ4n) is 3.04. The minimum Gasteiger partial charge on any atom is -0.494 e. The molecule has 0 saturated carbocycles. The molecule has 3 aromatic rings. The summed E-state index contributed by atoms with van der Waals surface area (Å²) < 4.78 is 33.3. The van der Waals surface area contributed by atoms with Crippen LogP contribution in [0.5, 0.6) is 5.75 Å². The molecule has 0 fully saturated rings. The molecule has 0 heterocycles. The van der Waals surface area contributed by atoms with Crippen molar-refractivity contribution >= 4 is 21.6 Å². The van der Waals surface area contributed by atoms with E-state index in [9.17, 15) is 13.2 Å². The first-order chi connectivity index (χ1) is 15.5. The second-order valence-corrected chi connectivity index (χ2v) is 9.11. The number of carbonyl (C=O) groups excluding carboxylic acids is 1. The van der Waals surface area contributed by atoms with Crippen LogP contribution in [-0.2, 0) is 16.4 Å². The number of hydrogen-bond donors (Lipinski definition) is 2. The lowest BCUT2D eigenvalue weighted by molar-refractivity contribution is 0.102. The molecule has 32 heavy (non-hydrogen) atoms. The van der Waals surface area contributed by atoms with Crippen molar-refractivity contribution in [3.63, 3.8) is 0 Å². The molecule has 7 heteroatoms. The van der Waals surface area contributed by atoms with Crippen LogP contribution in [0.15, 0.2) is 83.8 Å². The van der Waals surface area contributed by atoms with Crippen LogP contribution in [0.4, 0.5) is 5.69 Å². The highest BCUT2D eigenvalue weighted by Crippen LogP contribution is 2.18. The van der Waals surface area contributed by atoms with E-state index in [1.165, 1.54) is 12.1 Å². The maximum Gasteiger partial charge on any atom is 0.255 e. The number of anilines is 1. The van der Waals surface area contributed by atoms with Crippen LogP contribution in [-0.4, -0.2) is 27.5 Å². The second-order valence-electron chi connectivity index (χ2n) is 7.34. The number of benzene rings is 3. The Hall–Kier alpha value is -3.16. The standard InChI is InChI=1S/C25H28N2O4S/c1-2-3-18-31-23-11-7-10-21(19-23)25(28)27-22-12-14-24(15-13-22)32(29,30)26-17-16-20-8-5-4-6-9-20/h4-15,19,26H,2-3,16-18H2,1H3,(H,27,28). The fraction of sp³-hybridized carbons (Fsp3) is 0.240. The lowest BCUT2D eigenvalue weighted by Crippen LogP contribution is -2.26. The van der Waals surface area contributed by atoms with Crippen molar-refractivity contribution in [1.82, 2.24) is 4.72 Å². The van der Waals surface area contributed by atoms with E-state index < -0.39 is 10.0 Å². The summed E-state index contributed by atoms with van der Waals surface area (Å²) in [4.78, 5) is 12.7. The Labute approximate surface area is 189 Å². The van der Waals surface area contributed by atoms with Gasteiger partial charge in [0, 0.05) is 17.8 Å². The number of rotatable bonds is 11. The first-order valence-corrected chi connectivity index (χ1v) is 12.1. The number of ether oxygens (including phenoxy) is 1. The van der Waals surface area contributed by atoms with Gasteiger partial charge in [0.25, 0.3) is 5.91 Å². The van der Waals surface area contributed by atoms with Gasteiger partial charge in [-0.3, -0.25) is 4.79 Å². The molecular formula is C25H28N2O4S. The molecule has 3 aromatic carbocycles. The number of unbranched alkanes of at least 4 members (excludes halogenated alkanes) is 1. The van der Waals surface area contributed by atoms with Crippen LogP contribution in [0.1, 0.15) is 35.7 Å². The molecule has 168 valence electrons. The molecule has 0 bridgehead atoms. The molecule has 0 saturated heterocycles. The highest BCUT2D eigenvalue weighted by atomic mass is 32.2. The maximum atomic E-state index is 12.6. The monoisotopic (exact) mass is 452 g/mol. The van der Waals surface area contributed by atoms with Gasteiger partial charge in [0.05, 0.1) is 11.5 Å². The van der Waals surface area contributed by atoms with Gasteiger partial charge in [-0.15, -0.1) is 0 Å². The van der Waals surface area contributed by atoms with Gasteiger partial charge in [-0.2, -0.15) is 0 Å². The first kappa shape index (κ1) is 23.5. The Morgan fingerprint density at radius 2 is 1.69 bits per heavy atom. The molecule has 0 aliphatic carbocycles. The van der Waals surface area contributed by atoms with E-state index in [0.717, 1.165) is 18.4 Å². The molecule has 0 radical (unpaired) electrons. The third-order valence-corrected chi connectivity index (χ3v) is 6.31. The third kappa shape index (κ3) is 6.93. The highest BCUT2D eigenvalue weighted by Gasteiger charge is 2.14. The molecule has 3 rings (SSSR count). The summed E-state index contributed by atoms with van der Waals surface area (Å²) in [5.74, 6) is 0.358. The van der Waals surface area contributed by atoms with Gasteiger partial charge >= 0.3 is 0 Å². The minimum atomic E-state index is -3.62. The average molecular weight is 453 g/mol. The summed E-state index contributed by atoms with van der Waals surface area (Å²) in [5.41, 5.74) is 2.04. The topological polar surface area (TPSA) is 84.5 Å². The van der Waals surface area contributed by atoms with E-state index in [-0.39, 0.29) is 10.8 Å². The van der Waals surface area contributed by atoms with Crippen LogP contribution in [0.3, 0.4) is 0 Å². The normalized spacial score (nSPS) is 11.2. The van der Waals surface area contributed by atoms with Crippen LogP contribution >= 0.6 is 0 Å². The number of carbonyl (C=O) groups is 1. The van der Waals surface area contributed by atoms with Gasteiger partial charge in [-0.25, -0.2) is 13.1 Å². The molecule has 0 aromatic heterocycles. The van der Waals surface area contributed by atoms with Gasteiger partial charge in [0.15, 0.2) is 0 Å². The van der Waals surface area contributed by atoms with Crippen LogP contribution in [0.25, 0.3) is 0 Å². The summed E-state index contributed by atoms with van der Waals surface area (Å²) in [5, 5.41) is 2.79. The molecule has 0 atom stereocenters. The Morgan fingerprint density at radius 1 is 0.938 bits per heavy atom. The first-order valence-electron chi connectivity index (χ1n) is 10.7. The molecular weight excluding hydrogens is 424 g/mol. The molecule has 0 spiro atoms. The Balaban J connectivity index is 1.56. The van der Waals surface area contributed by atoms with Crippen molar-refractivity contribution < 1.29 is 17.9 Å². The lowest BCUT2D eigenvalue weighted by Gasteiger charge is -2.10. The zero-order valence-corrected chi connectivity index (χ0v) is 18.9. The Kier molecular flexibility index (Phi) is 8.41. The Morgan fingerprint density at radius 3 is 2.41 bits per heavy atom. The smallest absolute Gasteiger partial charge is 0.255 e. The van der Waals surface area contributed by atoms with E-state index in [0.29, 0.717) is 36.6 Å². The maximum absolute atomic E-state index is 12.6. The molecule has 1 amide bonds. The van der Waals surface area contributed by atoms with Crippen molar-refractivity contribution in [1.29, 1.82) is 0 Å². The summed E-state index contributed by atoms with van der Waals surface area (Å²) in [6.45, 7) is 3.00. The predicted octanol–water partition coefficient (Wildman–Crippen LogP) is 4.64. The minimum absolute atomic E-state index is 0.148. The summed E-state index contributed by atoms with van der Waals surface area (Å²) in [6, 6.07) is 22.8. The van der Waals surface area contributed by atoms with Crippen molar-refractivity contribution in [2.75, 3.05) is 18.5 Å². The van der Waals surface area contributed by atoms with E-state index in [1.807, 2.05) is 36.4 Å². The molecule has 6 nitrogen and oxygen atoms in total. The zero-order chi connectivity index (χ0) is 22.8. The third-order valence-electron chi connectivity index (χ3n) is 4.83. The summed E-state index contributed by atoms with van der Waals surface area (Å²) in [7, 11) is -3.62. The zero-order valence-electron chi connectivity index (χ0n) is 18.1. The Bertz CT molecular complexity index is 1110. The highest BCUT2D eigenvalue weighted by molar-refractivity contribution is 7.89. The van der Waals surface area contributed by atoms with Gasteiger partial charge < -0.3 is 10.1 Å². The van der Waals surface area contributed by atoms with E-state index >= 15 is 0 Å². The largest absolute Gasteiger partial charge is 0.494 e. The quantitative estimate of drug-likeness (QED) is 0.415. The number of hydrogen-bond acceptors (Lipinski definition) is 4. The number of nitrogens with one attached hydrogen (secondary N) is 2. The lowest BCUT2D eigenvalue weighted by atomic mass is 10.2. The molecule has 0 aliphatic heterocycles.